The fourth-order valence-electron chi connectivity index (χ4n) is 2.97. The number of aromatic nitrogens is 2. The summed E-state index contributed by atoms with van der Waals surface area (Å²) in [6.07, 6.45) is 8.00. The Balaban J connectivity index is 0.000000648. The van der Waals surface area contributed by atoms with Gasteiger partial charge in [-0.3, -0.25) is 9.59 Å². The van der Waals surface area contributed by atoms with Crippen molar-refractivity contribution in [3.8, 4) is 12.3 Å². The Morgan fingerprint density at radius 3 is 2.56 bits per heavy atom. The molecule has 3 aromatic rings. The molecule has 0 aliphatic heterocycles. The fourth-order valence-corrected chi connectivity index (χ4v) is 4.35. The molecule has 0 saturated heterocycles. The summed E-state index contributed by atoms with van der Waals surface area (Å²) >= 11 is 0. The molecule has 3 rings (SSSR count). The highest BCUT2D eigenvalue weighted by Gasteiger charge is 2.24. The van der Waals surface area contributed by atoms with Gasteiger partial charge < -0.3 is 20.4 Å². The first-order valence-electron chi connectivity index (χ1n) is 9.69. The molecule has 0 spiro atoms. The molecule has 2 heterocycles. The lowest BCUT2D eigenvalue weighted by molar-refractivity contribution is -0.137. The minimum Gasteiger partial charge on any atom is -0.481 e. The predicted molar refractivity (Wildman–Crippen MR) is 128 cm³/mol. The summed E-state index contributed by atoms with van der Waals surface area (Å²) in [5.41, 5.74) is 0.749. The molecule has 1 aromatic carbocycles. The van der Waals surface area contributed by atoms with Crippen LogP contribution in [0.5, 0.6) is 0 Å². The molecule has 0 radical (unpaired) electrons. The molecule has 11 heteroatoms. The van der Waals surface area contributed by atoms with Crippen LogP contribution in [0.25, 0.3) is 21.8 Å². The van der Waals surface area contributed by atoms with Gasteiger partial charge in [0.2, 0.25) is 10.0 Å². The number of nitrogens with one attached hydrogen (secondary N) is 3. The highest BCUT2D eigenvalue weighted by molar-refractivity contribution is 7.89. The van der Waals surface area contributed by atoms with E-state index in [-0.39, 0.29) is 36.0 Å². The monoisotopic (exact) mass is 482 g/mol. The number of hydrogen-bond donors (Lipinski definition) is 4. The van der Waals surface area contributed by atoms with Crippen LogP contribution in [-0.2, 0) is 14.8 Å². The molecule has 9 nitrogen and oxygen atoms in total. The molecule has 174 valence electrons. The number of terminal acetylenes is 1. The number of sulfonamides is 1. The standard InChI is InChI=1S/C17H18N4O3S.C4H8O2.ClH/c1-3-9-21(10-8-18-2)25(23,24)12-4-5-15-14(11-12)13-6-7-19-16(13)17(22)20-15;1-2-3-4(5)6;/h1,4-7,11,18-19H,8-10H2,2H3,(H,20,22);2-3H2,1H3,(H,5,6);1H. The van der Waals surface area contributed by atoms with Crippen LogP contribution >= 0.6 is 12.4 Å². The van der Waals surface area contributed by atoms with Crippen LogP contribution in [0.1, 0.15) is 19.8 Å². The maximum atomic E-state index is 12.9. The summed E-state index contributed by atoms with van der Waals surface area (Å²) < 4.78 is 27.1. The Hall–Kier alpha value is -2.84. The molecule has 2 aromatic heterocycles. The molecule has 4 N–H and O–H groups in total. The van der Waals surface area contributed by atoms with Crippen LogP contribution < -0.4 is 10.9 Å². The molecule has 0 atom stereocenters. The zero-order valence-electron chi connectivity index (χ0n) is 17.8. The molecule has 0 aliphatic carbocycles. The third kappa shape index (κ3) is 6.34. The average Bonchev–Trinajstić information content (AvgIpc) is 3.22. The summed E-state index contributed by atoms with van der Waals surface area (Å²) in [6, 6.07) is 6.40. The van der Waals surface area contributed by atoms with Crippen LogP contribution in [0.3, 0.4) is 0 Å². The Labute approximate surface area is 192 Å². The Morgan fingerprint density at radius 2 is 2.00 bits per heavy atom. The van der Waals surface area contributed by atoms with E-state index in [2.05, 4.69) is 21.2 Å². The van der Waals surface area contributed by atoms with Crippen LogP contribution in [-0.4, -0.2) is 60.4 Å². The number of carboxylic acid groups (broad SMARTS) is 1. The Morgan fingerprint density at radius 1 is 1.28 bits per heavy atom. The second-order valence-electron chi connectivity index (χ2n) is 6.72. The van der Waals surface area contributed by atoms with Crippen molar-refractivity contribution >= 4 is 50.2 Å². The summed E-state index contributed by atoms with van der Waals surface area (Å²) in [5, 5.41) is 12.2. The van der Waals surface area contributed by atoms with E-state index in [1.807, 2.05) is 6.92 Å². The first-order valence-corrected chi connectivity index (χ1v) is 11.1. The zero-order chi connectivity index (χ0) is 23.0. The second kappa shape index (κ2) is 12.3. The van der Waals surface area contributed by atoms with Gasteiger partial charge in [-0.2, -0.15) is 4.31 Å². The van der Waals surface area contributed by atoms with Crippen LogP contribution in [0, 0.1) is 12.3 Å². The minimum atomic E-state index is -3.74. The number of aromatic amines is 2. The van der Waals surface area contributed by atoms with Gasteiger partial charge in [-0.1, -0.05) is 12.8 Å². The third-order valence-electron chi connectivity index (χ3n) is 4.48. The van der Waals surface area contributed by atoms with Gasteiger partial charge in [0.25, 0.3) is 5.56 Å². The van der Waals surface area contributed by atoms with Gasteiger partial charge in [0.15, 0.2) is 0 Å². The number of nitrogens with zero attached hydrogens (tertiary/aromatic N) is 1. The molecule has 0 unspecified atom stereocenters. The van der Waals surface area contributed by atoms with Gasteiger partial charge >= 0.3 is 5.97 Å². The number of fused-ring (bicyclic) bond motifs is 3. The van der Waals surface area contributed by atoms with Gasteiger partial charge in [0.05, 0.1) is 11.4 Å². The first-order chi connectivity index (χ1) is 14.8. The van der Waals surface area contributed by atoms with Crippen LogP contribution in [0.15, 0.2) is 40.2 Å². The minimum absolute atomic E-state index is 0. The van der Waals surface area contributed by atoms with Gasteiger partial charge in [0.1, 0.15) is 5.52 Å². The predicted octanol–water partition coefficient (Wildman–Crippen LogP) is 2.15. The molecule has 0 bridgehead atoms. The van der Waals surface area contributed by atoms with Gasteiger partial charge in [-0.25, -0.2) is 8.42 Å². The number of carbonyl (C=O) groups is 1. The fraction of sp³-hybridized carbons (Fsp3) is 0.333. The second-order valence-corrected chi connectivity index (χ2v) is 8.66. The number of halogens is 1. The molecule has 0 aliphatic rings. The lowest BCUT2D eigenvalue weighted by Crippen LogP contribution is -2.36. The number of likely N-dealkylation sites (N-methyl/N-ethyl adjacent to an activating group) is 1. The maximum absolute atomic E-state index is 12.9. The number of benzene rings is 1. The summed E-state index contributed by atoms with van der Waals surface area (Å²) in [5.74, 6) is 1.68. The number of hydrogen-bond acceptors (Lipinski definition) is 5. The van der Waals surface area contributed by atoms with E-state index < -0.39 is 16.0 Å². The van der Waals surface area contributed by atoms with Crippen molar-refractivity contribution in [2.24, 2.45) is 0 Å². The van der Waals surface area contributed by atoms with E-state index in [1.165, 1.54) is 10.4 Å². The lowest BCUT2D eigenvalue weighted by atomic mass is 10.1. The van der Waals surface area contributed by atoms with E-state index in [9.17, 15) is 18.0 Å². The highest BCUT2D eigenvalue weighted by Crippen LogP contribution is 2.25. The Bertz CT molecular complexity index is 1260. The van der Waals surface area contributed by atoms with Crippen LogP contribution in [0.4, 0.5) is 0 Å². The topological polar surface area (TPSA) is 135 Å². The lowest BCUT2D eigenvalue weighted by Gasteiger charge is -2.20. The largest absolute Gasteiger partial charge is 0.481 e. The molecular weight excluding hydrogens is 456 g/mol. The van der Waals surface area contributed by atoms with E-state index >= 15 is 0 Å². The number of pyridine rings is 1. The summed E-state index contributed by atoms with van der Waals surface area (Å²) in [4.78, 5) is 27.4. The third-order valence-corrected chi connectivity index (χ3v) is 6.33. The molecular formula is C21H27ClN4O5S. The molecule has 0 saturated carbocycles. The van der Waals surface area contributed by atoms with E-state index in [0.717, 1.165) is 6.42 Å². The van der Waals surface area contributed by atoms with Crippen LogP contribution in [0.2, 0.25) is 0 Å². The SMILES string of the molecule is C#CCN(CCNC)S(=O)(=O)c1ccc2[nH]c(=O)c3[nH]ccc3c2c1.CCCC(=O)O.Cl. The normalized spacial score (nSPS) is 10.9. The molecule has 0 fully saturated rings. The summed E-state index contributed by atoms with van der Waals surface area (Å²) in [7, 11) is -1.99. The molecule has 32 heavy (non-hydrogen) atoms. The Kier molecular flexibility index (Phi) is 10.4. The maximum Gasteiger partial charge on any atom is 0.303 e. The summed E-state index contributed by atoms with van der Waals surface area (Å²) in [6.45, 7) is 2.59. The van der Waals surface area contributed by atoms with Gasteiger partial charge in [-0.05, 0) is 37.7 Å². The highest BCUT2D eigenvalue weighted by atomic mass is 35.5. The number of carboxylic acids is 1. The van der Waals surface area contributed by atoms with Crippen molar-refractivity contribution in [2.45, 2.75) is 24.7 Å². The average molecular weight is 483 g/mol. The van der Waals surface area contributed by atoms with Crippen molar-refractivity contribution in [3.05, 3.63) is 40.8 Å². The van der Waals surface area contributed by atoms with Crippen molar-refractivity contribution in [1.29, 1.82) is 0 Å². The number of rotatable bonds is 8. The van der Waals surface area contributed by atoms with Crippen molar-refractivity contribution in [1.82, 2.24) is 19.6 Å². The zero-order valence-corrected chi connectivity index (χ0v) is 19.5. The van der Waals surface area contributed by atoms with E-state index in [0.29, 0.717) is 34.8 Å². The number of H-pyrrole nitrogens is 2. The first kappa shape index (κ1) is 27.2. The van der Waals surface area contributed by atoms with Crippen molar-refractivity contribution in [2.75, 3.05) is 26.7 Å². The molecule has 0 amide bonds. The van der Waals surface area contributed by atoms with Gasteiger partial charge in [0, 0.05) is 42.0 Å². The smallest absolute Gasteiger partial charge is 0.303 e. The van der Waals surface area contributed by atoms with Gasteiger partial charge in [-0.15, -0.1) is 18.8 Å². The quantitative estimate of drug-likeness (QED) is 0.363. The van der Waals surface area contributed by atoms with E-state index in [1.54, 1.807) is 31.4 Å². The van der Waals surface area contributed by atoms with Crippen molar-refractivity contribution in [3.63, 3.8) is 0 Å². The van der Waals surface area contributed by atoms with Crippen molar-refractivity contribution < 1.29 is 18.3 Å². The number of aliphatic carboxylic acids is 1. The van der Waals surface area contributed by atoms with E-state index in [4.69, 9.17) is 11.5 Å².